The molecule has 2 nitrogen and oxygen atoms in total. The molecule has 0 N–H and O–H groups in total. The topological polar surface area (TPSA) is 26.3 Å². The monoisotopic (exact) mass is 155 g/mol. The Hall–Kier alpha value is -0.790. The zero-order valence-electron chi connectivity index (χ0n) is 7.17. The summed E-state index contributed by atoms with van der Waals surface area (Å²) in [4.78, 5) is 10.8. The molecule has 0 fully saturated rings. The van der Waals surface area contributed by atoms with Crippen LogP contribution in [0.1, 0.15) is 33.1 Å². The molecule has 0 aromatic rings. The van der Waals surface area contributed by atoms with E-state index in [1.807, 2.05) is 6.92 Å². The van der Waals surface area contributed by atoms with Crippen LogP contribution in [0.15, 0.2) is 6.08 Å². The lowest BCUT2D eigenvalue weighted by Crippen LogP contribution is -2.14. The van der Waals surface area contributed by atoms with Crippen molar-refractivity contribution >= 4 is 5.97 Å². The summed E-state index contributed by atoms with van der Waals surface area (Å²) in [6.45, 7) is 9.05. The average molecular weight is 155 g/mol. The molecule has 0 spiro atoms. The first kappa shape index (κ1) is 10.2. The summed E-state index contributed by atoms with van der Waals surface area (Å²) in [6, 6.07) is 0. The normalized spacial score (nSPS) is 12.2. The van der Waals surface area contributed by atoms with E-state index < -0.39 is 0 Å². The number of esters is 1. The molecule has 0 heterocycles. The van der Waals surface area contributed by atoms with Gasteiger partial charge in [0, 0.05) is 6.42 Å². The van der Waals surface area contributed by atoms with Crippen LogP contribution in [-0.4, -0.2) is 12.1 Å². The fourth-order valence-corrected chi connectivity index (χ4v) is 0.731. The van der Waals surface area contributed by atoms with Crippen molar-refractivity contribution in [1.29, 1.82) is 0 Å². The van der Waals surface area contributed by atoms with Gasteiger partial charge >= 0.3 is 5.97 Å². The fraction of sp³-hybridized carbons (Fsp3) is 0.667. The summed E-state index contributed by atoms with van der Waals surface area (Å²) < 4.78 is 4.97. The number of carbonyl (C=O) groups excluding carboxylic acids is 1. The fourth-order valence-electron chi connectivity index (χ4n) is 0.731. The Kier molecular flexibility index (Phi) is 5.53. The summed E-state index contributed by atoms with van der Waals surface area (Å²) in [6.07, 6.45) is 3.41. The molecule has 63 valence electrons. The van der Waals surface area contributed by atoms with Gasteiger partial charge in [-0.15, -0.1) is 0 Å². The highest BCUT2D eigenvalue weighted by molar-refractivity contribution is 5.69. The third-order valence-corrected chi connectivity index (χ3v) is 1.36. The van der Waals surface area contributed by atoms with Gasteiger partial charge in [0.15, 0.2) is 0 Å². The van der Waals surface area contributed by atoms with Crippen molar-refractivity contribution in [3.05, 3.63) is 12.7 Å². The predicted molar refractivity (Wildman–Crippen MR) is 43.9 cm³/mol. The van der Waals surface area contributed by atoms with Crippen molar-refractivity contribution in [2.45, 2.75) is 39.2 Å². The Morgan fingerprint density at radius 2 is 2.27 bits per heavy atom. The number of hydrogen-bond donors (Lipinski definition) is 0. The zero-order valence-corrected chi connectivity index (χ0v) is 7.17. The highest BCUT2D eigenvalue weighted by atomic mass is 16.5. The van der Waals surface area contributed by atoms with Crippen LogP contribution in [-0.2, 0) is 9.53 Å². The van der Waals surface area contributed by atoms with Crippen LogP contribution in [0.3, 0.4) is 0 Å². The Morgan fingerprint density at radius 3 is 2.64 bits per heavy atom. The van der Waals surface area contributed by atoms with Crippen LogP contribution in [0.2, 0.25) is 0 Å². The molecule has 0 bridgehead atoms. The lowest BCUT2D eigenvalue weighted by atomic mass is 10.2. The first-order chi connectivity index (χ1) is 5.24. The number of hydrogen-bond acceptors (Lipinski definition) is 2. The van der Waals surface area contributed by atoms with E-state index in [-0.39, 0.29) is 12.1 Å². The van der Waals surface area contributed by atoms with Gasteiger partial charge in [-0.25, -0.2) is 0 Å². The molecular weight excluding hydrogens is 140 g/mol. The summed E-state index contributed by atoms with van der Waals surface area (Å²) in [5.41, 5.74) is 0. The van der Waals surface area contributed by atoms with Gasteiger partial charge in [-0.2, -0.15) is 0 Å². The van der Waals surface area contributed by atoms with Crippen LogP contribution in [0.5, 0.6) is 0 Å². The molecule has 1 radical (unpaired) electrons. The van der Waals surface area contributed by atoms with Crippen molar-refractivity contribution in [1.82, 2.24) is 0 Å². The van der Waals surface area contributed by atoms with Crippen molar-refractivity contribution < 1.29 is 9.53 Å². The number of rotatable bonds is 5. The van der Waals surface area contributed by atoms with E-state index in [2.05, 4.69) is 0 Å². The third kappa shape index (κ3) is 4.59. The van der Waals surface area contributed by atoms with Crippen molar-refractivity contribution in [3.63, 3.8) is 0 Å². The van der Waals surface area contributed by atoms with Gasteiger partial charge in [0.1, 0.15) is 6.10 Å². The van der Waals surface area contributed by atoms with E-state index in [9.17, 15) is 4.79 Å². The molecule has 0 aliphatic heterocycles. The molecule has 11 heavy (non-hydrogen) atoms. The molecule has 0 aliphatic carbocycles. The van der Waals surface area contributed by atoms with Gasteiger partial charge in [0.2, 0.25) is 0 Å². The smallest absolute Gasteiger partial charge is 0.306 e. The van der Waals surface area contributed by atoms with Gasteiger partial charge in [0.05, 0.1) is 0 Å². The molecule has 0 rings (SSSR count). The molecule has 0 saturated carbocycles. The van der Waals surface area contributed by atoms with Crippen LogP contribution in [0.25, 0.3) is 0 Å². The maximum absolute atomic E-state index is 10.8. The van der Waals surface area contributed by atoms with E-state index >= 15 is 0 Å². The van der Waals surface area contributed by atoms with Crippen LogP contribution in [0, 0.1) is 6.58 Å². The van der Waals surface area contributed by atoms with E-state index in [1.165, 1.54) is 6.08 Å². The van der Waals surface area contributed by atoms with Crippen molar-refractivity contribution in [2.75, 3.05) is 0 Å². The highest BCUT2D eigenvalue weighted by Gasteiger charge is 2.06. The second kappa shape index (κ2) is 5.96. The minimum atomic E-state index is -0.201. The van der Waals surface area contributed by atoms with Crippen LogP contribution in [0.4, 0.5) is 0 Å². The second-order valence-electron chi connectivity index (χ2n) is 2.36. The SMILES string of the molecule is [CH]=CC(CCC)OC(=O)CC. The largest absolute Gasteiger partial charge is 0.458 e. The average Bonchev–Trinajstić information content (AvgIpc) is 2.03. The molecule has 0 aromatic carbocycles. The molecule has 0 aliphatic rings. The molecule has 0 amide bonds. The maximum atomic E-state index is 10.8. The first-order valence-corrected chi connectivity index (χ1v) is 3.99. The molecular formula is C9H15O2. The maximum Gasteiger partial charge on any atom is 0.306 e. The van der Waals surface area contributed by atoms with Crippen molar-refractivity contribution in [3.8, 4) is 0 Å². The lowest BCUT2D eigenvalue weighted by molar-refractivity contribution is -0.146. The molecule has 0 aromatic heterocycles. The first-order valence-electron chi connectivity index (χ1n) is 3.99. The van der Waals surface area contributed by atoms with Gasteiger partial charge in [-0.05, 0) is 12.5 Å². The number of ether oxygens (including phenoxy) is 1. The van der Waals surface area contributed by atoms with Gasteiger partial charge in [0.25, 0.3) is 0 Å². The van der Waals surface area contributed by atoms with E-state index in [0.717, 1.165) is 12.8 Å². The third-order valence-electron chi connectivity index (χ3n) is 1.36. The Bertz CT molecular complexity index is 130. The second-order valence-corrected chi connectivity index (χ2v) is 2.36. The van der Waals surface area contributed by atoms with E-state index in [1.54, 1.807) is 6.92 Å². The standard InChI is InChI=1S/C9H15O2/c1-4-7-8(5-2)11-9(10)6-3/h2,5,8H,4,6-7H2,1,3H3. The van der Waals surface area contributed by atoms with Gasteiger partial charge in [-0.3, -0.25) is 4.79 Å². The Morgan fingerprint density at radius 1 is 1.64 bits per heavy atom. The molecule has 2 heteroatoms. The lowest BCUT2D eigenvalue weighted by Gasteiger charge is -2.11. The molecule has 0 saturated heterocycles. The predicted octanol–water partition coefficient (Wildman–Crippen LogP) is 2.10. The summed E-state index contributed by atoms with van der Waals surface area (Å²) in [5.74, 6) is -0.190. The van der Waals surface area contributed by atoms with E-state index in [0.29, 0.717) is 6.42 Å². The summed E-state index contributed by atoms with van der Waals surface area (Å²) in [5, 5.41) is 0. The highest BCUT2D eigenvalue weighted by Crippen LogP contribution is 2.03. The summed E-state index contributed by atoms with van der Waals surface area (Å²) in [7, 11) is 0. The molecule has 1 atom stereocenters. The molecule has 1 unspecified atom stereocenters. The van der Waals surface area contributed by atoms with Gasteiger partial charge in [-0.1, -0.05) is 26.8 Å². The summed E-state index contributed by atoms with van der Waals surface area (Å²) >= 11 is 0. The van der Waals surface area contributed by atoms with Crippen LogP contribution < -0.4 is 0 Å². The van der Waals surface area contributed by atoms with Crippen molar-refractivity contribution in [2.24, 2.45) is 0 Å². The quantitative estimate of drug-likeness (QED) is 0.568. The Balaban J connectivity index is 3.67. The Labute approximate surface area is 68.2 Å². The number of carbonyl (C=O) groups is 1. The minimum Gasteiger partial charge on any atom is -0.458 e. The van der Waals surface area contributed by atoms with Gasteiger partial charge < -0.3 is 4.74 Å². The minimum absolute atomic E-state index is 0.190. The van der Waals surface area contributed by atoms with E-state index in [4.69, 9.17) is 11.3 Å². The zero-order chi connectivity index (χ0) is 8.69. The van der Waals surface area contributed by atoms with Crippen LogP contribution >= 0.6 is 0 Å².